The monoisotopic (exact) mass is 343 g/mol. The average molecular weight is 343 g/mol. The zero-order chi connectivity index (χ0) is 17.8. The van der Waals surface area contributed by atoms with E-state index in [-0.39, 0.29) is 12.4 Å². The molecule has 0 aliphatic rings. The second-order valence-electron chi connectivity index (χ2n) is 5.79. The number of halogens is 1. The predicted octanol–water partition coefficient (Wildman–Crippen LogP) is 2.33. The molecule has 0 fully saturated rings. The highest BCUT2D eigenvalue weighted by atomic mass is 19.1. The summed E-state index contributed by atoms with van der Waals surface area (Å²) in [7, 11) is 0. The number of rotatable bonds is 7. The van der Waals surface area contributed by atoms with Crippen LogP contribution in [0.5, 0.6) is 0 Å². The van der Waals surface area contributed by atoms with Crippen LogP contribution in [0.1, 0.15) is 17.0 Å². The lowest BCUT2D eigenvalue weighted by molar-refractivity contribution is -0.138. The van der Waals surface area contributed by atoms with Crippen molar-refractivity contribution in [2.24, 2.45) is 0 Å². The number of benzene rings is 1. The van der Waals surface area contributed by atoms with Crippen molar-refractivity contribution in [3.63, 3.8) is 0 Å². The number of hydrogen-bond acceptors (Lipinski definition) is 4. The highest BCUT2D eigenvalue weighted by Gasteiger charge is 2.17. The van der Waals surface area contributed by atoms with Gasteiger partial charge in [-0.3, -0.25) is 14.8 Å². The minimum absolute atomic E-state index is 0.139. The van der Waals surface area contributed by atoms with Gasteiger partial charge in [-0.2, -0.15) is 5.10 Å². The molecule has 130 valence electrons. The minimum Gasteiger partial charge on any atom is -0.480 e. The number of imidazole rings is 1. The van der Waals surface area contributed by atoms with Gasteiger partial charge in [0.1, 0.15) is 5.82 Å². The van der Waals surface area contributed by atoms with Crippen molar-refractivity contribution in [1.82, 2.24) is 25.1 Å². The molecule has 0 aliphatic heterocycles. The van der Waals surface area contributed by atoms with Crippen molar-refractivity contribution in [1.29, 1.82) is 0 Å². The van der Waals surface area contributed by atoms with Gasteiger partial charge in [-0.15, -0.1) is 0 Å². The summed E-state index contributed by atoms with van der Waals surface area (Å²) in [5.41, 5.74) is 3.82. The lowest BCUT2D eigenvalue weighted by Crippen LogP contribution is -2.29. The van der Waals surface area contributed by atoms with Crippen LogP contribution in [0.4, 0.5) is 4.39 Å². The van der Waals surface area contributed by atoms with E-state index in [4.69, 9.17) is 0 Å². The Kier molecular flexibility index (Phi) is 4.90. The maximum absolute atomic E-state index is 13.5. The van der Waals surface area contributed by atoms with Gasteiger partial charge in [0.05, 0.1) is 30.5 Å². The molecule has 25 heavy (non-hydrogen) atoms. The molecule has 3 aromatic rings. The summed E-state index contributed by atoms with van der Waals surface area (Å²) in [5, 5.41) is 16.1. The fraction of sp³-hybridized carbons (Fsp3) is 0.235. The summed E-state index contributed by atoms with van der Waals surface area (Å²) in [6.45, 7) is 2.48. The van der Waals surface area contributed by atoms with Gasteiger partial charge in [-0.05, 0) is 19.1 Å². The highest BCUT2D eigenvalue weighted by Crippen LogP contribution is 2.23. The van der Waals surface area contributed by atoms with Crippen LogP contribution in [0.25, 0.3) is 11.3 Å². The molecular weight excluding hydrogens is 325 g/mol. The molecule has 0 spiro atoms. The van der Waals surface area contributed by atoms with Crippen LogP contribution in [-0.4, -0.2) is 42.7 Å². The lowest BCUT2D eigenvalue weighted by atomic mass is 10.1. The molecule has 0 bridgehead atoms. The summed E-state index contributed by atoms with van der Waals surface area (Å²) >= 11 is 0. The van der Waals surface area contributed by atoms with Crippen LogP contribution in [-0.2, 0) is 17.9 Å². The van der Waals surface area contributed by atoms with Crippen molar-refractivity contribution in [2.45, 2.75) is 20.0 Å². The topological polar surface area (TPSA) is 97.9 Å². The van der Waals surface area contributed by atoms with E-state index in [1.807, 2.05) is 6.92 Å². The largest absolute Gasteiger partial charge is 0.480 e. The second kappa shape index (κ2) is 7.27. The lowest BCUT2D eigenvalue weighted by Gasteiger charge is -2.19. The van der Waals surface area contributed by atoms with Crippen LogP contribution in [0, 0.1) is 12.7 Å². The molecule has 0 saturated heterocycles. The Hall–Kier alpha value is -3.00. The van der Waals surface area contributed by atoms with E-state index in [9.17, 15) is 14.3 Å². The first-order valence-corrected chi connectivity index (χ1v) is 7.74. The Morgan fingerprint density at radius 1 is 1.36 bits per heavy atom. The van der Waals surface area contributed by atoms with Gasteiger partial charge in [0.2, 0.25) is 0 Å². The van der Waals surface area contributed by atoms with Crippen molar-refractivity contribution in [2.75, 3.05) is 6.54 Å². The third kappa shape index (κ3) is 4.10. The van der Waals surface area contributed by atoms with E-state index in [1.54, 1.807) is 29.6 Å². The van der Waals surface area contributed by atoms with E-state index in [1.165, 1.54) is 12.1 Å². The van der Waals surface area contributed by atoms with Crippen LogP contribution in [0.3, 0.4) is 0 Å². The summed E-state index contributed by atoms with van der Waals surface area (Å²) in [4.78, 5) is 20.2. The molecule has 3 rings (SSSR count). The summed E-state index contributed by atoms with van der Waals surface area (Å²) in [6.07, 6.45) is 3.21. The van der Waals surface area contributed by atoms with E-state index in [2.05, 4.69) is 20.2 Å². The molecule has 0 amide bonds. The Balaban J connectivity index is 1.84. The molecule has 0 atom stereocenters. The zero-order valence-electron chi connectivity index (χ0n) is 13.7. The number of nitrogens with zero attached hydrogens (tertiary/aromatic N) is 3. The summed E-state index contributed by atoms with van der Waals surface area (Å²) in [6, 6.07) is 6.18. The normalized spacial score (nSPS) is 11.2. The van der Waals surface area contributed by atoms with Crippen molar-refractivity contribution < 1.29 is 14.3 Å². The number of carboxylic acids is 1. The molecule has 3 N–H and O–H groups in total. The summed E-state index contributed by atoms with van der Waals surface area (Å²) in [5.74, 6) is -1.27. The van der Waals surface area contributed by atoms with Crippen LogP contribution >= 0.6 is 0 Å². The van der Waals surface area contributed by atoms with E-state index in [0.717, 1.165) is 17.0 Å². The Bertz CT molecular complexity index is 873. The highest BCUT2D eigenvalue weighted by molar-refractivity contribution is 5.69. The maximum atomic E-state index is 13.5. The third-order valence-corrected chi connectivity index (χ3v) is 3.89. The molecule has 7 nitrogen and oxygen atoms in total. The standard InChI is InChI=1S/C17H18FN5O2/c1-11-15(20-10-19-11)8-23(9-16(24)25)7-13-6-21-22-17(13)12-3-2-4-14(18)5-12/h2-6,10H,7-9H2,1H3,(H,19,20)(H,21,22)(H,24,25). The van der Waals surface area contributed by atoms with Gasteiger partial charge >= 0.3 is 5.97 Å². The Morgan fingerprint density at radius 3 is 2.88 bits per heavy atom. The first-order valence-electron chi connectivity index (χ1n) is 7.74. The minimum atomic E-state index is -0.927. The van der Waals surface area contributed by atoms with Gasteiger partial charge in [-0.25, -0.2) is 9.37 Å². The van der Waals surface area contributed by atoms with E-state index in [0.29, 0.717) is 24.3 Å². The zero-order valence-corrected chi connectivity index (χ0v) is 13.7. The molecule has 0 unspecified atom stereocenters. The number of nitrogens with one attached hydrogen (secondary N) is 2. The Morgan fingerprint density at radius 2 is 2.20 bits per heavy atom. The van der Waals surface area contributed by atoms with E-state index < -0.39 is 5.97 Å². The van der Waals surface area contributed by atoms with Crippen molar-refractivity contribution >= 4 is 5.97 Å². The average Bonchev–Trinajstić information content (AvgIpc) is 3.16. The molecule has 0 saturated carbocycles. The number of aliphatic carboxylic acids is 1. The number of carboxylic acid groups (broad SMARTS) is 1. The molecule has 2 heterocycles. The van der Waals surface area contributed by atoms with Crippen LogP contribution < -0.4 is 0 Å². The fourth-order valence-corrected chi connectivity index (χ4v) is 2.68. The molecule has 2 aromatic heterocycles. The van der Waals surface area contributed by atoms with Crippen LogP contribution in [0.2, 0.25) is 0 Å². The van der Waals surface area contributed by atoms with Crippen molar-refractivity contribution in [3.05, 3.63) is 59.6 Å². The number of carbonyl (C=O) groups is 1. The molecule has 0 aliphatic carbocycles. The number of H-pyrrole nitrogens is 2. The summed E-state index contributed by atoms with van der Waals surface area (Å²) < 4.78 is 13.5. The van der Waals surface area contributed by atoms with Crippen molar-refractivity contribution in [3.8, 4) is 11.3 Å². The smallest absolute Gasteiger partial charge is 0.317 e. The number of aryl methyl sites for hydroxylation is 1. The third-order valence-electron chi connectivity index (χ3n) is 3.89. The van der Waals surface area contributed by atoms with Gasteiger partial charge in [-0.1, -0.05) is 12.1 Å². The predicted molar refractivity (Wildman–Crippen MR) is 89.1 cm³/mol. The van der Waals surface area contributed by atoms with Crippen LogP contribution in [0.15, 0.2) is 36.8 Å². The van der Waals surface area contributed by atoms with Gasteiger partial charge in [0.25, 0.3) is 0 Å². The Labute approximate surface area is 143 Å². The molecule has 8 heteroatoms. The molecular formula is C17H18FN5O2. The fourth-order valence-electron chi connectivity index (χ4n) is 2.68. The van der Waals surface area contributed by atoms with Gasteiger partial charge in [0.15, 0.2) is 0 Å². The van der Waals surface area contributed by atoms with E-state index >= 15 is 0 Å². The molecule has 0 radical (unpaired) electrons. The second-order valence-corrected chi connectivity index (χ2v) is 5.79. The van der Waals surface area contributed by atoms with Gasteiger partial charge < -0.3 is 10.1 Å². The first-order chi connectivity index (χ1) is 12.0. The first kappa shape index (κ1) is 16.8. The number of hydrogen-bond donors (Lipinski definition) is 3. The quantitative estimate of drug-likeness (QED) is 0.612. The molecule has 1 aromatic carbocycles. The SMILES string of the molecule is Cc1[nH]cnc1CN(CC(=O)O)Cc1cn[nH]c1-c1cccc(F)c1. The number of aromatic amines is 2. The van der Waals surface area contributed by atoms with Gasteiger partial charge in [0, 0.05) is 29.9 Å². The number of aromatic nitrogens is 4. The maximum Gasteiger partial charge on any atom is 0.317 e.